The molecule has 0 radical (unpaired) electrons. The molecule has 1 aromatic rings. The Morgan fingerprint density at radius 1 is 1.35 bits per heavy atom. The van der Waals surface area contributed by atoms with E-state index in [1.165, 1.54) is 24.0 Å². The second-order valence-electron chi connectivity index (χ2n) is 5.52. The van der Waals surface area contributed by atoms with Crippen LogP contribution in [0, 0.1) is 0 Å². The Hall–Kier alpha value is -2.02. The number of carboxylic acids is 1. The first kappa shape index (κ1) is 17.3. The van der Waals surface area contributed by atoms with Crippen LogP contribution in [-0.2, 0) is 9.59 Å². The first-order valence-electron chi connectivity index (χ1n) is 7.42. The highest BCUT2D eigenvalue weighted by atomic mass is 35.5. The smallest absolute Gasteiger partial charge is 0.323 e. The Kier molecular flexibility index (Phi) is 5.65. The van der Waals surface area contributed by atoms with Crippen LogP contribution in [-0.4, -0.2) is 58.4 Å². The standard InChI is InChI=1S/C15H19ClN2O5/c1-10(19)18(9-14(20)21)11-3-2-7-17(8-6-11)15(22)12-4-5-13(16)23-12/h4-5,11H,2-3,6-9H2,1H3,(H,20,21)/t11-/m0/s1. The number of amides is 2. The van der Waals surface area contributed by atoms with Gasteiger partial charge in [0.05, 0.1) is 0 Å². The van der Waals surface area contributed by atoms with Crippen LogP contribution in [0.5, 0.6) is 0 Å². The van der Waals surface area contributed by atoms with E-state index >= 15 is 0 Å². The van der Waals surface area contributed by atoms with Crippen molar-refractivity contribution in [3.63, 3.8) is 0 Å². The molecule has 1 atom stereocenters. The molecule has 0 aromatic carbocycles. The summed E-state index contributed by atoms with van der Waals surface area (Å²) in [6, 6.07) is 2.86. The highest BCUT2D eigenvalue weighted by Gasteiger charge is 2.28. The molecule has 1 N–H and O–H groups in total. The molecule has 23 heavy (non-hydrogen) atoms. The Balaban J connectivity index is 2.02. The van der Waals surface area contributed by atoms with Gasteiger partial charge in [-0.05, 0) is 43.0 Å². The summed E-state index contributed by atoms with van der Waals surface area (Å²) in [6.45, 7) is 2.01. The van der Waals surface area contributed by atoms with E-state index in [4.69, 9.17) is 21.1 Å². The summed E-state index contributed by atoms with van der Waals surface area (Å²) >= 11 is 5.69. The normalized spacial score (nSPS) is 18.3. The fourth-order valence-electron chi connectivity index (χ4n) is 2.82. The second kappa shape index (κ2) is 7.50. The average Bonchev–Trinajstić information content (AvgIpc) is 2.78. The highest BCUT2D eigenvalue weighted by Crippen LogP contribution is 2.20. The summed E-state index contributed by atoms with van der Waals surface area (Å²) < 4.78 is 5.14. The molecule has 2 heterocycles. The molecule has 1 aliphatic heterocycles. The number of carbonyl (C=O) groups excluding carboxylic acids is 2. The zero-order valence-corrected chi connectivity index (χ0v) is 13.6. The monoisotopic (exact) mass is 342 g/mol. The van der Waals surface area contributed by atoms with Crippen LogP contribution < -0.4 is 0 Å². The number of aliphatic carboxylic acids is 1. The molecule has 0 aliphatic carbocycles. The minimum atomic E-state index is -1.04. The van der Waals surface area contributed by atoms with Crippen LogP contribution in [0.2, 0.25) is 5.22 Å². The van der Waals surface area contributed by atoms with E-state index < -0.39 is 5.97 Å². The number of hydrogen-bond donors (Lipinski definition) is 1. The fourth-order valence-corrected chi connectivity index (χ4v) is 2.97. The molecule has 1 aromatic heterocycles. The van der Waals surface area contributed by atoms with Gasteiger partial charge >= 0.3 is 5.97 Å². The minimum Gasteiger partial charge on any atom is -0.480 e. The van der Waals surface area contributed by atoms with Gasteiger partial charge in [0.15, 0.2) is 11.0 Å². The van der Waals surface area contributed by atoms with Gasteiger partial charge in [-0.15, -0.1) is 0 Å². The van der Waals surface area contributed by atoms with Crippen molar-refractivity contribution in [2.75, 3.05) is 19.6 Å². The molecule has 2 rings (SSSR count). The second-order valence-corrected chi connectivity index (χ2v) is 5.89. The maximum Gasteiger partial charge on any atom is 0.323 e. The lowest BCUT2D eigenvalue weighted by Gasteiger charge is -2.28. The molecule has 0 unspecified atom stereocenters. The van der Waals surface area contributed by atoms with E-state index in [2.05, 4.69) is 0 Å². The lowest BCUT2D eigenvalue weighted by atomic mass is 10.1. The molecule has 126 valence electrons. The van der Waals surface area contributed by atoms with E-state index in [-0.39, 0.29) is 35.4 Å². The van der Waals surface area contributed by atoms with Crippen molar-refractivity contribution >= 4 is 29.4 Å². The van der Waals surface area contributed by atoms with E-state index in [0.29, 0.717) is 32.4 Å². The van der Waals surface area contributed by atoms with E-state index in [1.807, 2.05) is 0 Å². The highest BCUT2D eigenvalue weighted by molar-refractivity contribution is 6.29. The molecular formula is C15H19ClN2O5. The van der Waals surface area contributed by atoms with Crippen molar-refractivity contribution in [1.82, 2.24) is 9.80 Å². The number of nitrogens with zero attached hydrogens (tertiary/aromatic N) is 2. The Labute approximate surface area is 138 Å². The maximum atomic E-state index is 12.4. The third-order valence-electron chi connectivity index (χ3n) is 3.92. The van der Waals surface area contributed by atoms with Gasteiger partial charge < -0.3 is 19.3 Å². The van der Waals surface area contributed by atoms with Gasteiger partial charge in [-0.25, -0.2) is 0 Å². The van der Waals surface area contributed by atoms with Gasteiger partial charge in [0, 0.05) is 26.1 Å². The SMILES string of the molecule is CC(=O)N(CC(=O)O)[C@H]1CCCN(C(=O)c2ccc(Cl)o2)CC1. The van der Waals surface area contributed by atoms with Crippen molar-refractivity contribution in [3.05, 3.63) is 23.1 Å². The summed E-state index contributed by atoms with van der Waals surface area (Å²) in [4.78, 5) is 38.0. The molecule has 0 spiro atoms. The van der Waals surface area contributed by atoms with Crippen molar-refractivity contribution < 1.29 is 23.9 Å². The topological polar surface area (TPSA) is 91.1 Å². The molecule has 1 fully saturated rings. The Morgan fingerprint density at radius 2 is 2.09 bits per heavy atom. The molecule has 0 saturated carbocycles. The molecule has 1 saturated heterocycles. The fraction of sp³-hybridized carbons (Fsp3) is 0.533. The van der Waals surface area contributed by atoms with Crippen molar-refractivity contribution in [1.29, 1.82) is 0 Å². The van der Waals surface area contributed by atoms with Crippen molar-refractivity contribution in [2.24, 2.45) is 0 Å². The summed E-state index contributed by atoms with van der Waals surface area (Å²) in [5, 5.41) is 9.10. The Bertz CT molecular complexity index is 600. The number of hydrogen-bond acceptors (Lipinski definition) is 4. The molecule has 8 heteroatoms. The summed E-state index contributed by atoms with van der Waals surface area (Å²) in [7, 11) is 0. The zero-order valence-electron chi connectivity index (χ0n) is 12.8. The van der Waals surface area contributed by atoms with Gasteiger partial charge in [0.25, 0.3) is 5.91 Å². The van der Waals surface area contributed by atoms with Crippen LogP contribution in [0.3, 0.4) is 0 Å². The predicted octanol–water partition coefficient (Wildman–Crippen LogP) is 1.86. The van der Waals surface area contributed by atoms with E-state index in [1.54, 1.807) is 4.90 Å². The van der Waals surface area contributed by atoms with Crippen molar-refractivity contribution in [2.45, 2.75) is 32.2 Å². The van der Waals surface area contributed by atoms with Gasteiger partial charge in [-0.1, -0.05) is 0 Å². The summed E-state index contributed by atoms with van der Waals surface area (Å²) in [5.41, 5.74) is 0. The Morgan fingerprint density at radius 3 is 2.65 bits per heavy atom. The third kappa shape index (κ3) is 4.48. The first-order valence-corrected chi connectivity index (χ1v) is 7.80. The van der Waals surface area contributed by atoms with Gasteiger partial charge in [-0.2, -0.15) is 0 Å². The molecule has 0 bridgehead atoms. The predicted molar refractivity (Wildman–Crippen MR) is 82.3 cm³/mol. The van der Waals surface area contributed by atoms with Gasteiger partial charge in [0.2, 0.25) is 5.91 Å². The lowest BCUT2D eigenvalue weighted by Crippen LogP contribution is -2.43. The number of halogens is 1. The van der Waals surface area contributed by atoms with Crippen molar-refractivity contribution in [3.8, 4) is 0 Å². The summed E-state index contributed by atoms with van der Waals surface area (Å²) in [6.07, 6.45) is 1.89. The average molecular weight is 343 g/mol. The number of rotatable bonds is 4. The number of likely N-dealkylation sites (tertiary alicyclic amines) is 1. The largest absolute Gasteiger partial charge is 0.480 e. The molecule has 7 nitrogen and oxygen atoms in total. The van der Waals surface area contributed by atoms with Gasteiger partial charge in [0.1, 0.15) is 6.54 Å². The van der Waals surface area contributed by atoms with E-state index in [0.717, 1.165) is 0 Å². The zero-order chi connectivity index (χ0) is 17.0. The van der Waals surface area contributed by atoms with Gasteiger partial charge in [-0.3, -0.25) is 14.4 Å². The third-order valence-corrected chi connectivity index (χ3v) is 4.12. The van der Waals surface area contributed by atoms with Crippen LogP contribution >= 0.6 is 11.6 Å². The first-order chi connectivity index (χ1) is 10.9. The van der Waals surface area contributed by atoms with Crippen LogP contribution in [0.4, 0.5) is 0 Å². The van der Waals surface area contributed by atoms with Crippen LogP contribution in [0.25, 0.3) is 0 Å². The quantitative estimate of drug-likeness (QED) is 0.901. The van der Waals surface area contributed by atoms with Crippen LogP contribution in [0.1, 0.15) is 36.7 Å². The number of carboxylic acid groups (broad SMARTS) is 1. The van der Waals surface area contributed by atoms with Crippen LogP contribution in [0.15, 0.2) is 16.5 Å². The molecular weight excluding hydrogens is 324 g/mol. The summed E-state index contributed by atoms with van der Waals surface area (Å²) in [5.74, 6) is -1.37. The molecule has 2 amide bonds. The number of furan rings is 1. The maximum absolute atomic E-state index is 12.4. The van der Waals surface area contributed by atoms with E-state index in [9.17, 15) is 14.4 Å². The number of carbonyl (C=O) groups is 3. The molecule has 1 aliphatic rings. The minimum absolute atomic E-state index is 0.158. The lowest BCUT2D eigenvalue weighted by molar-refractivity contribution is -0.145.